The Balaban J connectivity index is 1.91. The highest BCUT2D eigenvalue weighted by molar-refractivity contribution is 7.15. The minimum absolute atomic E-state index is 0.264. The van der Waals surface area contributed by atoms with E-state index in [9.17, 15) is 0 Å². The normalized spacial score (nSPS) is 12.5. The highest BCUT2D eigenvalue weighted by Crippen LogP contribution is 2.35. The summed E-state index contributed by atoms with van der Waals surface area (Å²) in [5.41, 5.74) is 2.04. The molecule has 0 N–H and O–H groups in total. The molecular weight excluding hydrogens is 292 g/mol. The van der Waals surface area contributed by atoms with Crippen molar-refractivity contribution in [3.05, 3.63) is 59.0 Å². The van der Waals surface area contributed by atoms with Crippen molar-refractivity contribution in [2.75, 3.05) is 0 Å². The summed E-state index contributed by atoms with van der Waals surface area (Å²) in [5.74, 6) is 0.929. The van der Waals surface area contributed by atoms with Gasteiger partial charge in [0.2, 0.25) is 0 Å². The minimum atomic E-state index is -0.264. The smallest absolute Gasteiger partial charge is 0.151 e. The molecule has 3 rings (SSSR count). The molecule has 3 nitrogen and oxygen atoms in total. The van der Waals surface area contributed by atoms with Gasteiger partial charge in [0.05, 0.1) is 11.8 Å². The molecule has 0 spiro atoms. The van der Waals surface area contributed by atoms with E-state index in [4.69, 9.17) is 16.0 Å². The van der Waals surface area contributed by atoms with E-state index in [1.165, 1.54) is 11.3 Å². The summed E-state index contributed by atoms with van der Waals surface area (Å²) >= 11 is 7.97. The first-order valence-corrected chi connectivity index (χ1v) is 7.64. The van der Waals surface area contributed by atoms with Crippen LogP contribution in [0.1, 0.15) is 28.6 Å². The number of aryl methyl sites for hydroxylation is 1. The van der Waals surface area contributed by atoms with Gasteiger partial charge in [-0.2, -0.15) is 0 Å². The molecule has 0 fully saturated rings. The Kier molecular flexibility index (Phi) is 3.85. The van der Waals surface area contributed by atoms with Gasteiger partial charge in [-0.3, -0.25) is 0 Å². The fourth-order valence-corrected chi connectivity index (χ4v) is 3.23. The fraction of sp³-hybridized carbons (Fsp3) is 0.200. The number of benzene rings is 1. The molecule has 0 amide bonds. The fourth-order valence-electron chi connectivity index (χ4n) is 2.02. The molecule has 0 aliphatic rings. The summed E-state index contributed by atoms with van der Waals surface area (Å²) in [4.78, 5) is 0. The molecule has 0 bridgehead atoms. The van der Waals surface area contributed by atoms with Crippen LogP contribution in [-0.4, -0.2) is 10.2 Å². The van der Waals surface area contributed by atoms with E-state index >= 15 is 0 Å². The molecule has 0 radical (unpaired) electrons. The zero-order valence-corrected chi connectivity index (χ0v) is 12.5. The summed E-state index contributed by atoms with van der Waals surface area (Å²) in [5, 5.41) is 9.85. The number of furan rings is 1. The third kappa shape index (κ3) is 2.49. The van der Waals surface area contributed by atoms with Crippen molar-refractivity contribution in [1.29, 1.82) is 0 Å². The molecule has 1 unspecified atom stereocenters. The average Bonchev–Trinajstić information content (AvgIpc) is 3.15. The maximum absolute atomic E-state index is 6.46. The first-order chi connectivity index (χ1) is 9.79. The standard InChI is InChI=1S/C15H13ClN2OS/c1-2-12-11(8-9-19-12)14-17-18-15(20-14)13(16)10-6-4-3-5-7-10/h3-9,13H,2H2,1H3. The van der Waals surface area contributed by atoms with Crippen LogP contribution in [0.15, 0.2) is 47.1 Å². The lowest BCUT2D eigenvalue weighted by Crippen LogP contribution is -1.91. The van der Waals surface area contributed by atoms with Gasteiger partial charge in [-0.15, -0.1) is 21.8 Å². The minimum Gasteiger partial charge on any atom is -0.469 e. The molecule has 1 atom stereocenters. The molecule has 0 saturated heterocycles. The molecule has 5 heteroatoms. The van der Waals surface area contributed by atoms with Gasteiger partial charge in [-0.1, -0.05) is 48.6 Å². The number of hydrogen-bond acceptors (Lipinski definition) is 4. The second kappa shape index (κ2) is 5.77. The average molecular weight is 305 g/mol. The number of halogens is 1. The molecule has 0 saturated carbocycles. The van der Waals surface area contributed by atoms with Crippen LogP contribution in [-0.2, 0) is 6.42 Å². The van der Waals surface area contributed by atoms with Crippen LogP contribution in [0.25, 0.3) is 10.6 Å². The highest BCUT2D eigenvalue weighted by atomic mass is 35.5. The zero-order chi connectivity index (χ0) is 13.9. The van der Waals surface area contributed by atoms with Crippen LogP contribution in [0.2, 0.25) is 0 Å². The maximum Gasteiger partial charge on any atom is 0.151 e. The molecule has 20 heavy (non-hydrogen) atoms. The second-order valence-corrected chi connectivity index (χ2v) is 5.78. The zero-order valence-electron chi connectivity index (χ0n) is 10.9. The van der Waals surface area contributed by atoms with Crippen molar-refractivity contribution in [3.63, 3.8) is 0 Å². The van der Waals surface area contributed by atoms with Gasteiger partial charge in [0.1, 0.15) is 16.1 Å². The van der Waals surface area contributed by atoms with Gasteiger partial charge in [0.15, 0.2) is 5.01 Å². The van der Waals surface area contributed by atoms with E-state index in [1.54, 1.807) is 6.26 Å². The number of rotatable bonds is 4. The van der Waals surface area contributed by atoms with Gasteiger partial charge in [-0.25, -0.2) is 0 Å². The molecule has 0 aliphatic carbocycles. The lowest BCUT2D eigenvalue weighted by molar-refractivity contribution is 0.517. The summed E-state index contributed by atoms with van der Waals surface area (Å²) in [6, 6.07) is 11.8. The maximum atomic E-state index is 6.46. The molecule has 2 aromatic heterocycles. The topological polar surface area (TPSA) is 38.9 Å². The third-order valence-corrected chi connectivity index (χ3v) is 4.66. The van der Waals surface area contributed by atoms with Crippen molar-refractivity contribution in [1.82, 2.24) is 10.2 Å². The Bertz CT molecular complexity index is 693. The molecule has 0 aliphatic heterocycles. The first-order valence-electron chi connectivity index (χ1n) is 6.38. The van der Waals surface area contributed by atoms with Crippen molar-refractivity contribution in [2.24, 2.45) is 0 Å². The van der Waals surface area contributed by atoms with E-state index < -0.39 is 0 Å². The number of aromatic nitrogens is 2. The predicted octanol–water partition coefficient (Wildman–Crippen LogP) is 4.69. The Morgan fingerprint density at radius 1 is 1.20 bits per heavy atom. The van der Waals surface area contributed by atoms with Crippen LogP contribution in [0.3, 0.4) is 0 Å². The molecule has 102 valence electrons. The summed E-state index contributed by atoms with van der Waals surface area (Å²) in [7, 11) is 0. The second-order valence-electron chi connectivity index (χ2n) is 4.33. The number of hydrogen-bond donors (Lipinski definition) is 0. The molecule has 1 aromatic carbocycles. The Labute approximate surface area is 126 Å². The van der Waals surface area contributed by atoms with E-state index in [0.29, 0.717) is 0 Å². The van der Waals surface area contributed by atoms with E-state index in [1.807, 2.05) is 36.4 Å². The summed E-state index contributed by atoms with van der Waals surface area (Å²) in [6.45, 7) is 2.05. The quantitative estimate of drug-likeness (QED) is 0.656. The van der Waals surface area contributed by atoms with E-state index in [2.05, 4.69) is 17.1 Å². The van der Waals surface area contributed by atoms with Crippen molar-refractivity contribution in [2.45, 2.75) is 18.7 Å². The van der Waals surface area contributed by atoms with Crippen molar-refractivity contribution < 1.29 is 4.42 Å². The Morgan fingerprint density at radius 2 is 2.00 bits per heavy atom. The largest absolute Gasteiger partial charge is 0.469 e. The summed E-state index contributed by atoms with van der Waals surface area (Å²) < 4.78 is 5.43. The van der Waals surface area contributed by atoms with Gasteiger partial charge >= 0.3 is 0 Å². The number of nitrogens with zero attached hydrogens (tertiary/aromatic N) is 2. The van der Waals surface area contributed by atoms with Crippen molar-refractivity contribution in [3.8, 4) is 10.6 Å². The SMILES string of the molecule is CCc1occc1-c1nnc(C(Cl)c2ccccc2)s1. The van der Waals surface area contributed by atoms with Gasteiger partial charge in [0.25, 0.3) is 0 Å². The van der Waals surface area contributed by atoms with E-state index in [-0.39, 0.29) is 5.38 Å². The summed E-state index contributed by atoms with van der Waals surface area (Å²) in [6.07, 6.45) is 2.52. The molecular formula is C15H13ClN2OS. The van der Waals surface area contributed by atoms with Gasteiger partial charge < -0.3 is 4.42 Å². The van der Waals surface area contributed by atoms with Crippen LogP contribution < -0.4 is 0 Å². The van der Waals surface area contributed by atoms with Crippen molar-refractivity contribution >= 4 is 22.9 Å². The van der Waals surface area contributed by atoms with Crippen LogP contribution in [0.4, 0.5) is 0 Å². The van der Waals surface area contributed by atoms with Crippen LogP contribution >= 0.6 is 22.9 Å². The van der Waals surface area contributed by atoms with Crippen LogP contribution in [0, 0.1) is 0 Å². The van der Waals surface area contributed by atoms with Crippen LogP contribution in [0.5, 0.6) is 0 Å². The lowest BCUT2D eigenvalue weighted by atomic mass is 10.1. The Hall–Kier alpha value is -1.65. The third-order valence-electron chi connectivity index (χ3n) is 3.05. The molecule has 3 aromatic rings. The lowest BCUT2D eigenvalue weighted by Gasteiger charge is -2.04. The van der Waals surface area contributed by atoms with E-state index in [0.717, 1.165) is 33.3 Å². The highest BCUT2D eigenvalue weighted by Gasteiger charge is 2.18. The predicted molar refractivity (Wildman–Crippen MR) is 81.1 cm³/mol. The first kappa shape index (κ1) is 13.3. The van der Waals surface area contributed by atoms with Gasteiger partial charge in [0, 0.05) is 6.42 Å². The number of alkyl halides is 1. The Morgan fingerprint density at radius 3 is 2.75 bits per heavy atom. The van der Waals surface area contributed by atoms with Gasteiger partial charge in [-0.05, 0) is 11.6 Å². The monoisotopic (exact) mass is 304 g/mol. The molecule has 2 heterocycles.